The Morgan fingerprint density at radius 3 is 2.57 bits per heavy atom. The van der Waals surface area contributed by atoms with Gasteiger partial charge in [0.05, 0.1) is 6.42 Å². The minimum absolute atomic E-state index is 0.152. The average Bonchev–Trinajstić information content (AvgIpc) is 2.82. The molecule has 0 aromatic rings. The van der Waals surface area contributed by atoms with Crippen LogP contribution < -0.4 is 10.6 Å². The van der Waals surface area contributed by atoms with E-state index in [1.54, 1.807) is 0 Å². The number of amides is 2. The third-order valence-corrected chi connectivity index (χ3v) is 4.79. The third kappa shape index (κ3) is 4.88. The molecule has 1 aliphatic heterocycles. The number of hydrogen-bond donors (Lipinski definition) is 3. The van der Waals surface area contributed by atoms with Crippen LogP contribution in [0, 0.1) is 5.41 Å². The fourth-order valence-electron chi connectivity index (χ4n) is 3.60. The van der Waals surface area contributed by atoms with Gasteiger partial charge in [-0.3, -0.25) is 4.79 Å². The summed E-state index contributed by atoms with van der Waals surface area (Å²) in [5.74, 6) is -0.767. The van der Waals surface area contributed by atoms with Crippen molar-refractivity contribution in [1.82, 2.24) is 15.5 Å². The van der Waals surface area contributed by atoms with E-state index in [0.29, 0.717) is 6.54 Å². The number of nitrogens with zero attached hydrogens (tertiary/aromatic N) is 1. The highest BCUT2D eigenvalue weighted by Gasteiger charge is 2.35. The number of carbonyl (C=O) groups excluding carboxylic acids is 1. The number of urea groups is 1. The van der Waals surface area contributed by atoms with Crippen LogP contribution >= 0.6 is 0 Å². The second-order valence-electron chi connectivity index (χ2n) is 6.71. The molecule has 1 atom stereocenters. The van der Waals surface area contributed by atoms with Gasteiger partial charge in [0.1, 0.15) is 0 Å². The molecule has 0 spiro atoms. The summed E-state index contributed by atoms with van der Waals surface area (Å²) in [6, 6.07) is 0.0439. The Kier molecular flexibility index (Phi) is 5.45. The molecule has 6 heteroatoms. The summed E-state index contributed by atoms with van der Waals surface area (Å²) in [6.45, 7) is 2.36. The molecule has 1 unspecified atom stereocenters. The van der Waals surface area contributed by atoms with E-state index in [2.05, 4.69) is 15.5 Å². The van der Waals surface area contributed by atoms with E-state index in [-0.39, 0.29) is 23.9 Å². The lowest BCUT2D eigenvalue weighted by Gasteiger charge is -2.36. The van der Waals surface area contributed by atoms with Crippen LogP contribution in [0.3, 0.4) is 0 Å². The maximum absolute atomic E-state index is 12.0. The van der Waals surface area contributed by atoms with Crippen molar-refractivity contribution in [2.75, 3.05) is 26.7 Å². The Hall–Kier alpha value is -1.30. The van der Waals surface area contributed by atoms with E-state index in [9.17, 15) is 9.59 Å². The first-order chi connectivity index (χ1) is 9.99. The molecule has 1 saturated carbocycles. The molecule has 6 nitrogen and oxygen atoms in total. The van der Waals surface area contributed by atoms with Crippen molar-refractivity contribution in [1.29, 1.82) is 0 Å². The Labute approximate surface area is 126 Å². The largest absolute Gasteiger partial charge is 0.481 e. The molecule has 2 fully saturated rings. The van der Waals surface area contributed by atoms with Crippen LogP contribution in [0.5, 0.6) is 0 Å². The van der Waals surface area contributed by atoms with Gasteiger partial charge in [0, 0.05) is 19.1 Å². The van der Waals surface area contributed by atoms with E-state index in [4.69, 9.17) is 5.11 Å². The van der Waals surface area contributed by atoms with Gasteiger partial charge >= 0.3 is 12.0 Å². The number of likely N-dealkylation sites (tertiary alicyclic amines) is 1. The number of rotatable bonds is 5. The lowest BCUT2D eigenvalue weighted by atomic mass is 9.72. The Morgan fingerprint density at radius 2 is 2.00 bits per heavy atom. The van der Waals surface area contributed by atoms with Gasteiger partial charge in [-0.1, -0.05) is 19.3 Å². The van der Waals surface area contributed by atoms with Crippen LogP contribution in [-0.4, -0.2) is 54.7 Å². The van der Waals surface area contributed by atoms with Gasteiger partial charge in [-0.25, -0.2) is 4.79 Å². The molecule has 3 N–H and O–H groups in total. The van der Waals surface area contributed by atoms with E-state index < -0.39 is 5.97 Å². The molecule has 21 heavy (non-hydrogen) atoms. The van der Waals surface area contributed by atoms with E-state index in [0.717, 1.165) is 45.2 Å². The predicted molar refractivity (Wildman–Crippen MR) is 80.2 cm³/mol. The maximum atomic E-state index is 12.0. The lowest BCUT2D eigenvalue weighted by molar-refractivity contribution is -0.140. The normalized spacial score (nSPS) is 25.5. The zero-order valence-electron chi connectivity index (χ0n) is 12.9. The van der Waals surface area contributed by atoms with Gasteiger partial charge in [-0.15, -0.1) is 0 Å². The van der Waals surface area contributed by atoms with E-state index >= 15 is 0 Å². The summed E-state index contributed by atoms with van der Waals surface area (Å²) < 4.78 is 0. The van der Waals surface area contributed by atoms with Gasteiger partial charge in [0.15, 0.2) is 0 Å². The standard InChI is InChI=1S/C15H27N3O3/c1-18-8-5-12(10-18)17-14(21)16-11-15(9-13(19)20)6-3-2-4-7-15/h12H,2-11H2,1H3,(H,19,20)(H2,16,17,21). The summed E-state index contributed by atoms with van der Waals surface area (Å²) in [5.41, 5.74) is -0.256. The van der Waals surface area contributed by atoms with Crippen molar-refractivity contribution in [3.8, 4) is 0 Å². The number of nitrogens with one attached hydrogen (secondary N) is 2. The van der Waals surface area contributed by atoms with Gasteiger partial charge < -0.3 is 20.6 Å². The highest BCUT2D eigenvalue weighted by molar-refractivity contribution is 5.74. The third-order valence-electron chi connectivity index (χ3n) is 4.79. The van der Waals surface area contributed by atoms with Crippen LogP contribution in [0.15, 0.2) is 0 Å². The highest BCUT2D eigenvalue weighted by Crippen LogP contribution is 2.38. The average molecular weight is 297 g/mol. The molecule has 0 aromatic carbocycles. The minimum atomic E-state index is -0.767. The van der Waals surface area contributed by atoms with Crippen molar-refractivity contribution < 1.29 is 14.7 Å². The molecular formula is C15H27N3O3. The van der Waals surface area contributed by atoms with E-state index in [1.807, 2.05) is 7.05 Å². The first-order valence-corrected chi connectivity index (χ1v) is 7.94. The van der Waals surface area contributed by atoms with E-state index in [1.165, 1.54) is 6.42 Å². The summed E-state index contributed by atoms with van der Waals surface area (Å²) >= 11 is 0. The van der Waals surface area contributed by atoms with Gasteiger partial charge in [0.2, 0.25) is 0 Å². The van der Waals surface area contributed by atoms with Gasteiger partial charge in [-0.05, 0) is 38.3 Å². The number of aliphatic carboxylic acids is 1. The summed E-state index contributed by atoms with van der Waals surface area (Å²) in [4.78, 5) is 25.3. The summed E-state index contributed by atoms with van der Waals surface area (Å²) in [6.07, 6.45) is 6.21. The highest BCUT2D eigenvalue weighted by atomic mass is 16.4. The molecule has 1 saturated heterocycles. The molecule has 1 heterocycles. The molecule has 2 amide bonds. The summed E-state index contributed by atoms with van der Waals surface area (Å²) in [7, 11) is 2.05. The fourth-order valence-corrected chi connectivity index (χ4v) is 3.60. The molecule has 0 aromatic heterocycles. The SMILES string of the molecule is CN1CCC(NC(=O)NCC2(CC(=O)O)CCCCC2)C1. The van der Waals surface area contributed by atoms with Crippen molar-refractivity contribution in [3.63, 3.8) is 0 Å². The molecule has 120 valence electrons. The Balaban J connectivity index is 1.80. The second kappa shape index (κ2) is 7.11. The number of hydrogen-bond acceptors (Lipinski definition) is 3. The smallest absolute Gasteiger partial charge is 0.315 e. The fraction of sp³-hybridized carbons (Fsp3) is 0.867. The van der Waals surface area contributed by atoms with Crippen LogP contribution in [0.1, 0.15) is 44.9 Å². The topological polar surface area (TPSA) is 81.7 Å². The van der Waals surface area contributed by atoms with Gasteiger partial charge in [0.25, 0.3) is 0 Å². The molecule has 1 aliphatic carbocycles. The Morgan fingerprint density at radius 1 is 1.29 bits per heavy atom. The van der Waals surface area contributed by atoms with Crippen LogP contribution in [0.2, 0.25) is 0 Å². The monoisotopic (exact) mass is 297 g/mol. The maximum Gasteiger partial charge on any atom is 0.315 e. The quantitative estimate of drug-likeness (QED) is 0.717. The van der Waals surface area contributed by atoms with Crippen LogP contribution in [0.25, 0.3) is 0 Å². The zero-order chi connectivity index (χ0) is 15.3. The van der Waals surface area contributed by atoms with Crippen molar-refractivity contribution in [2.24, 2.45) is 5.41 Å². The first kappa shape index (κ1) is 16.1. The first-order valence-electron chi connectivity index (χ1n) is 7.94. The second-order valence-corrected chi connectivity index (χ2v) is 6.71. The lowest BCUT2D eigenvalue weighted by Crippen LogP contribution is -2.47. The number of carboxylic acid groups (broad SMARTS) is 1. The minimum Gasteiger partial charge on any atom is -0.481 e. The molecule has 0 radical (unpaired) electrons. The van der Waals surface area contributed by atoms with Crippen molar-refractivity contribution in [3.05, 3.63) is 0 Å². The van der Waals surface area contributed by atoms with Crippen molar-refractivity contribution in [2.45, 2.75) is 51.0 Å². The van der Waals surface area contributed by atoms with Crippen LogP contribution in [0.4, 0.5) is 4.79 Å². The predicted octanol–water partition coefficient (Wildman–Crippen LogP) is 1.41. The molecule has 2 aliphatic rings. The summed E-state index contributed by atoms with van der Waals surface area (Å²) in [5, 5.41) is 15.0. The number of carboxylic acids is 1. The molecular weight excluding hydrogens is 270 g/mol. The Bertz CT molecular complexity index is 380. The molecule has 2 rings (SSSR count). The number of likely N-dealkylation sites (N-methyl/N-ethyl adjacent to an activating group) is 1. The van der Waals surface area contributed by atoms with Crippen molar-refractivity contribution >= 4 is 12.0 Å². The molecule has 0 bridgehead atoms. The van der Waals surface area contributed by atoms with Gasteiger partial charge in [-0.2, -0.15) is 0 Å². The number of carbonyl (C=O) groups is 2. The van der Waals surface area contributed by atoms with Crippen LogP contribution in [-0.2, 0) is 4.79 Å². The zero-order valence-corrected chi connectivity index (χ0v) is 12.9.